The van der Waals surface area contributed by atoms with Gasteiger partial charge < -0.3 is 22.3 Å². The van der Waals surface area contributed by atoms with Gasteiger partial charge in [0.05, 0.1) is 0 Å². The van der Waals surface area contributed by atoms with E-state index < -0.39 is 0 Å². The van der Waals surface area contributed by atoms with E-state index in [2.05, 4.69) is 19.1 Å². The number of rotatable bonds is 0. The van der Waals surface area contributed by atoms with Crippen molar-refractivity contribution in [2.45, 2.75) is 32.6 Å². The average molecular weight is 226 g/mol. The summed E-state index contributed by atoms with van der Waals surface area (Å²) in [6.45, 7) is 2.25. The van der Waals surface area contributed by atoms with Crippen LogP contribution in [0.4, 0.5) is 0 Å². The van der Waals surface area contributed by atoms with Crippen molar-refractivity contribution in [2.24, 2.45) is 5.92 Å². The van der Waals surface area contributed by atoms with E-state index in [1.54, 1.807) is 11.1 Å². The van der Waals surface area contributed by atoms with Gasteiger partial charge in [0.25, 0.3) is 0 Å². The van der Waals surface area contributed by atoms with E-state index in [9.17, 15) is 0 Å². The van der Waals surface area contributed by atoms with E-state index in [0.29, 0.717) is 5.92 Å². The summed E-state index contributed by atoms with van der Waals surface area (Å²) in [4.78, 5) is 0. The molecule has 1 heteroatoms. The minimum atomic E-state index is 0. The van der Waals surface area contributed by atoms with Gasteiger partial charge in [-0.25, -0.2) is 6.08 Å². The molecule has 2 aliphatic carbocycles. The minimum Gasteiger partial charge on any atom is -0.358 e. The molecular weight excluding hydrogens is 204 g/mol. The minimum absolute atomic E-state index is 0. The van der Waals surface area contributed by atoms with Crippen LogP contribution >= 0.6 is 0 Å². The fourth-order valence-electron chi connectivity index (χ4n) is 1.94. The Morgan fingerprint density at radius 2 is 1.71 bits per heavy atom. The van der Waals surface area contributed by atoms with Gasteiger partial charge in [0.2, 0.25) is 0 Å². The average Bonchev–Trinajstić information content (AvgIpc) is 2.34. The third-order valence-electron chi connectivity index (χ3n) is 2.58. The summed E-state index contributed by atoms with van der Waals surface area (Å²) in [6, 6.07) is 0. The first-order valence-corrected chi connectivity index (χ1v) is 4.19. The largest absolute Gasteiger partial charge is 4.00 e. The Morgan fingerprint density at radius 1 is 1.14 bits per heavy atom. The van der Waals surface area contributed by atoms with Gasteiger partial charge >= 0.3 is 21.7 Å². The molecule has 14 heavy (non-hydrogen) atoms. The van der Waals surface area contributed by atoms with Gasteiger partial charge in [-0.2, -0.15) is 11.1 Å². The van der Waals surface area contributed by atoms with Crippen LogP contribution in [0.25, 0.3) is 0 Å². The molecule has 2 rings (SSSR count). The second-order valence-electron chi connectivity index (χ2n) is 3.29. The molecule has 0 saturated heterocycles. The summed E-state index contributed by atoms with van der Waals surface area (Å²) in [5.41, 5.74) is 3.27. The van der Waals surface area contributed by atoms with E-state index in [1.165, 1.54) is 25.7 Å². The van der Waals surface area contributed by atoms with Crippen LogP contribution in [0, 0.1) is 34.3 Å². The van der Waals surface area contributed by atoms with Gasteiger partial charge in [0.15, 0.2) is 0 Å². The quantitative estimate of drug-likeness (QED) is 0.428. The van der Waals surface area contributed by atoms with Gasteiger partial charge in [-0.05, 0) is 6.42 Å². The maximum atomic E-state index is 3.36. The van der Waals surface area contributed by atoms with Crippen molar-refractivity contribution in [2.75, 3.05) is 0 Å². The van der Waals surface area contributed by atoms with Crippen molar-refractivity contribution in [1.29, 1.82) is 0 Å². The van der Waals surface area contributed by atoms with Crippen molar-refractivity contribution in [3.8, 4) is 0 Å². The van der Waals surface area contributed by atoms with Crippen LogP contribution in [0.2, 0.25) is 0 Å². The smallest absolute Gasteiger partial charge is 0.358 e. The fourth-order valence-corrected chi connectivity index (χ4v) is 1.94. The Morgan fingerprint density at radius 3 is 2.29 bits per heavy atom. The number of hydrogen-bond donors (Lipinski definition) is 0. The van der Waals surface area contributed by atoms with Crippen molar-refractivity contribution in [3.05, 3.63) is 45.6 Å². The molecule has 0 aromatic carbocycles. The molecule has 0 amide bonds. The molecule has 1 unspecified atom stereocenters. The van der Waals surface area contributed by atoms with Crippen LogP contribution in [0.15, 0.2) is 17.2 Å². The van der Waals surface area contributed by atoms with Gasteiger partial charge in [-0.15, -0.1) is 0 Å². The third kappa shape index (κ3) is 3.75. The summed E-state index contributed by atoms with van der Waals surface area (Å²) in [5, 5.41) is 0. The third-order valence-corrected chi connectivity index (χ3v) is 2.58. The SMILES string of the molecule is CC1[C-]=CC2=C1CCCC2.[CH3-].[CH3-].[CH3-].[Ti+4]. The topological polar surface area (TPSA) is 0 Å². The van der Waals surface area contributed by atoms with Gasteiger partial charge in [0, 0.05) is 0 Å². The normalized spacial score (nSPS) is 22.2. The van der Waals surface area contributed by atoms with Crippen LogP contribution in [-0.4, -0.2) is 0 Å². The maximum absolute atomic E-state index is 3.36. The molecule has 0 aromatic heterocycles. The molecule has 0 spiro atoms. The van der Waals surface area contributed by atoms with Crippen molar-refractivity contribution < 1.29 is 21.7 Å². The van der Waals surface area contributed by atoms with E-state index in [0.717, 1.165) is 0 Å². The van der Waals surface area contributed by atoms with E-state index in [1.807, 2.05) is 0 Å². The number of hydrogen-bond acceptors (Lipinski definition) is 0. The zero-order valence-corrected chi connectivity index (χ0v) is 11.5. The van der Waals surface area contributed by atoms with Crippen LogP contribution in [0.3, 0.4) is 0 Å². The fraction of sp³-hybridized carbons (Fsp3) is 0.462. The summed E-state index contributed by atoms with van der Waals surface area (Å²) in [7, 11) is 0. The molecule has 0 aromatic rings. The molecule has 0 bridgehead atoms. The van der Waals surface area contributed by atoms with Crippen molar-refractivity contribution in [1.82, 2.24) is 0 Å². The zero-order chi connectivity index (χ0) is 6.97. The molecular formula is C13H22Ti. The molecule has 0 saturated carbocycles. The molecule has 0 fully saturated rings. The van der Waals surface area contributed by atoms with Crippen LogP contribution < -0.4 is 0 Å². The first-order chi connectivity index (χ1) is 4.88. The molecule has 0 aliphatic heterocycles. The predicted molar refractivity (Wildman–Crippen MR) is 61.7 cm³/mol. The Bertz CT molecular complexity index is 201. The monoisotopic (exact) mass is 226 g/mol. The first-order valence-electron chi connectivity index (χ1n) is 4.19. The predicted octanol–water partition coefficient (Wildman–Crippen LogP) is 4.21. The second kappa shape index (κ2) is 8.50. The molecule has 1 atom stereocenters. The molecule has 2 aliphatic rings. The second-order valence-corrected chi connectivity index (χ2v) is 3.29. The van der Waals surface area contributed by atoms with Gasteiger partial charge in [0.1, 0.15) is 0 Å². The van der Waals surface area contributed by atoms with E-state index in [-0.39, 0.29) is 44.0 Å². The standard InChI is InChI=1S/C10H13.3CH3.Ti/c1-8-6-7-9-4-2-3-5-10(8)9;;;;/h7-8H,2-5H2,1H3;3*1H3;/q4*-1;+4. The Kier molecular flexibility index (Phi) is 12.0. The van der Waals surface area contributed by atoms with Crippen LogP contribution in [0.1, 0.15) is 32.6 Å². The van der Waals surface area contributed by atoms with E-state index >= 15 is 0 Å². The van der Waals surface area contributed by atoms with Crippen molar-refractivity contribution in [3.63, 3.8) is 0 Å². The maximum Gasteiger partial charge on any atom is 4.00 e. The Hall–Kier alpha value is 0.194. The number of allylic oxidation sites excluding steroid dienone is 4. The summed E-state index contributed by atoms with van der Waals surface area (Å²) in [6.07, 6.45) is 11.0. The van der Waals surface area contributed by atoms with Crippen LogP contribution in [0.5, 0.6) is 0 Å². The van der Waals surface area contributed by atoms with Gasteiger partial charge in [-0.1, -0.05) is 32.1 Å². The Labute approximate surface area is 106 Å². The first kappa shape index (κ1) is 19.7. The summed E-state index contributed by atoms with van der Waals surface area (Å²) < 4.78 is 0. The van der Waals surface area contributed by atoms with Crippen molar-refractivity contribution >= 4 is 0 Å². The summed E-state index contributed by atoms with van der Waals surface area (Å²) in [5.74, 6) is 0.635. The zero-order valence-electron chi connectivity index (χ0n) is 9.98. The molecule has 0 radical (unpaired) electrons. The van der Waals surface area contributed by atoms with Gasteiger partial charge in [-0.3, -0.25) is 6.08 Å². The summed E-state index contributed by atoms with van der Waals surface area (Å²) >= 11 is 0. The molecule has 0 nitrogen and oxygen atoms in total. The molecule has 0 N–H and O–H groups in total. The Balaban J connectivity index is -0.000000302. The molecule has 0 heterocycles. The molecule has 78 valence electrons. The van der Waals surface area contributed by atoms with Crippen LogP contribution in [-0.2, 0) is 21.7 Å². The van der Waals surface area contributed by atoms with E-state index in [4.69, 9.17) is 0 Å².